The minimum atomic E-state index is -0.0839. The van der Waals surface area contributed by atoms with E-state index in [-0.39, 0.29) is 30.5 Å². The molecule has 1 aliphatic carbocycles. The number of carbonyl (C=O) groups excluding carboxylic acids is 1. The number of hydrogen-bond acceptors (Lipinski definition) is 5. The van der Waals surface area contributed by atoms with Gasteiger partial charge in [0, 0.05) is 12.5 Å². The second kappa shape index (κ2) is 6.09. The van der Waals surface area contributed by atoms with E-state index >= 15 is 0 Å². The number of rotatable bonds is 6. The normalized spacial score (nSPS) is 25.5. The molecular weight excluding hydrogens is 270 g/mol. The van der Waals surface area contributed by atoms with Crippen LogP contribution in [0.15, 0.2) is 0 Å². The number of unbranched alkanes of at least 4 members (excludes halogenated alkanes) is 1. The van der Waals surface area contributed by atoms with Crippen molar-refractivity contribution in [2.75, 3.05) is 6.61 Å². The molecule has 116 valence electrons. The summed E-state index contributed by atoms with van der Waals surface area (Å²) in [7, 11) is 0. The lowest BCUT2D eigenvalue weighted by Crippen LogP contribution is -2.41. The summed E-state index contributed by atoms with van der Waals surface area (Å²) in [6, 6.07) is -0.165. The number of aliphatic hydroxyl groups excluding tert-OH is 1. The minimum Gasteiger partial charge on any atom is -0.394 e. The second-order valence-corrected chi connectivity index (χ2v) is 6.06. The van der Waals surface area contributed by atoms with E-state index < -0.39 is 0 Å². The van der Waals surface area contributed by atoms with Crippen LogP contribution < -0.4 is 0 Å². The lowest BCUT2D eigenvalue weighted by atomic mass is 10.2. The number of tetrazole rings is 1. The molecule has 1 aliphatic heterocycles. The summed E-state index contributed by atoms with van der Waals surface area (Å²) in [4.78, 5) is 14.4. The zero-order chi connectivity index (χ0) is 14.8. The molecule has 3 rings (SSSR count). The van der Waals surface area contributed by atoms with Gasteiger partial charge in [-0.1, -0.05) is 13.3 Å². The number of hydrogen-bond donors (Lipinski definition) is 1. The lowest BCUT2D eigenvalue weighted by Gasteiger charge is -2.29. The van der Waals surface area contributed by atoms with Crippen molar-refractivity contribution in [3.8, 4) is 0 Å². The molecule has 1 aromatic heterocycles. The van der Waals surface area contributed by atoms with Crippen LogP contribution in [-0.2, 0) is 11.3 Å². The van der Waals surface area contributed by atoms with E-state index in [4.69, 9.17) is 0 Å². The van der Waals surface area contributed by atoms with Gasteiger partial charge in [-0.3, -0.25) is 4.79 Å². The quantitative estimate of drug-likeness (QED) is 0.842. The molecule has 1 amide bonds. The van der Waals surface area contributed by atoms with E-state index in [0.717, 1.165) is 50.9 Å². The van der Waals surface area contributed by atoms with E-state index in [9.17, 15) is 9.90 Å². The Morgan fingerprint density at radius 2 is 2.14 bits per heavy atom. The Hall–Kier alpha value is -1.50. The fourth-order valence-electron chi connectivity index (χ4n) is 3.11. The van der Waals surface area contributed by atoms with E-state index in [1.54, 1.807) is 0 Å². The summed E-state index contributed by atoms with van der Waals surface area (Å²) in [5, 5.41) is 21.6. The number of carbonyl (C=O) groups is 1. The highest BCUT2D eigenvalue weighted by atomic mass is 16.3. The molecule has 7 nitrogen and oxygen atoms in total. The van der Waals surface area contributed by atoms with Crippen molar-refractivity contribution < 1.29 is 9.90 Å². The van der Waals surface area contributed by atoms with Crippen molar-refractivity contribution in [1.82, 2.24) is 25.1 Å². The van der Waals surface area contributed by atoms with Crippen LogP contribution in [0.2, 0.25) is 0 Å². The molecule has 1 saturated heterocycles. The monoisotopic (exact) mass is 293 g/mol. The van der Waals surface area contributed by atoms with Crippen LogP contribution in [-0.4, -0.2) is 48.8 Å². The SMILES string of the molecule is CCCCn1nnnc1[C@H]1CC[C@@H](CO)N1C(=O)C1CC1. The Balaban J connectivity index is 1.82. The third-order valence-corrected chi connectivity index (χ3v) is 4.48. The number of aromatic nitrogens is 4. The van der Waals surface area contributed by atoms with Gasteiger partial charge in [-0.05, 0) is 42.5 Å². The highest BCUT2D eigenvalue weighted by Crippen LogP contribution is 2.40. The maximum atomic E-state index is 12.5. The maximum absolute atomic E-state index is 12.5. The van der Waals surface area contributed by atoms with Gasteiger partial charge in [0.1, 0.15) is 0 Å². The molecule has 1 N–H and O–H groups in total. The van der Waals surface area contributed by atoms with Gasteiger partial charge in [-0.2, -0.15) is 0 Å². The molecule has 2 aliphatic rings. The Morgan fingerprint density at radius 1 is 1.33 bits per heavy atom. The predicted molar refractivity (Wildman–Crippen MR) is 75.1 cm³/mol. The summed E-state index contributed by atoms with van der Waals surface area (Å²) in [6.07, 6.45) is 5.69. The van der Waals surface area contributed by atoms with Gasteiger partial charge >= 0.3 is 0 Å². The number of likely N-dealkylation sites (tertiary alicyclic amines) is 1. The Labute approximate surface area is 124 Å². The molecule has 0 unspecified atom stereocenters. The molecule has 2 atom stereocenters. The first-order valence-corrected chi connectivity index (χ1v) is 7.95. The molecule has 0 bridgehead atoms. The molecule has 0 aromatic carbocycles. The highest BCUT2D eigenvalue weighted by Gasteiger charge is 2.44. The zero-order valence-corrected chi connectivity index (χ0v) is 12.5. The standard InChI is InChI=1S/C14H23N5O2/c1-2-3-8-18-13(15-16-17-18)12-7-6-11(9-20)19(12)14(21)10-4-5-10/h10-12,20H,2-9H2,1H3/t11-,12+/m0/s1. The fourth-order valence-corrected chi connectivity index (χ4v) is 3.11. The lowest BCUT2D eigenvalue weighted by molar-refractivity contribution is -0.136. The first-order valence-electron chi connectivity index (χ1n) is 7.95. The second-order valence-electron chi connectivity index (χ2n) is 6.06. The highest BCUT2D eigenvalue weighted by molar-refractivity contribution is 5.82. The number of aryl methyl sites for hydroxylation is 1. The Kier molecular flexibility index (Phi) is 4.19. The fraction of sp³-hybridized carbons (Fsp3) is 0.857. The largest absolute Gasteiger partial charge is 0.394 e. The zero-order valence-electron chi connectivity index (χ0n) is 12.5. The molecule has 2 fully saturated rings. The predicted octanol–water partition coefficient (Wildman–Crippen LogP) is 0.908. The summed E-state index contributed by atoms with van der Waals surface area (Å²) in [6.45, 7) is 2.93. The smallest absolute Gasteiger partial charge is 0.226 e. The summed E-state index contributed by atoms with van der Waals surface area (Å²) >= 11 is 0. The van der Waals surface area contributed by atoms with Gasteiger partial charge < -0.3 is 10.0 Å². The molecule has 0 radical (unpaired) electrons. The van der Waals surface area contributed by atoms with Crippen LogP contribution in [0.5, 0.6) is 0 Å². The van der Waals surface area contributed by atoms with Crippen LogP contribution in [0, 0.1) is 5.92 Å². The van der Waals surface area contributed by atoms with E-state index in [2.05, 4.69) is 22.4 Å². The summed E-state index contributed by atoms with van der Waals surface area (Å²) in [5.41, 5.74) is 0. The number of amides is 1. The van der Waals surface area contributed by atoms with Gasteiger partial charge in [-0.15, -0.1) is 5.10 Å². The van der Waals surface area contributed by atoms with Crippen molar-refractivity contribution in [1.29, 1.82) is 0 Å². The average Bonchev–Trinajstić information content (AvgIpc) is 3.10. The van der Waals surface area contributed by atoms with Crippen molar-refractivity contribution in [3.05, 3.63) is 5.82 Å². The molecular formula is C14H23N5O2. The van der Waals surface area contributed by atoms with Gasteiger partial charge in [0.2, 0.25) is 5.91 Å². The van der Waals surface area contributed by atoms with Crippen LogP contribution >= 0.6 is 0 Å². The minimum absolute atomic E-state index is 0.0193. The first-order chi connectivity index (χ1) is 10.3. The van der Waals surface area contributed by atoms with Crippen LogP contribution in [0.4, 0.5) is 0 Å². The Morgan fingerprint density at radius 3 is 2.81 bits per heavy atom. The molecule has 0 spiro atoms. The van der Waals surface area contributed by atoms with Crippen LogP contribution in [0.3, 0.4) is 0 Å². The first kappa shape index (κ1) is 14.4. The topological polar surface area (TPSA) is 84.1 Å². The van der Waals surface area contributed by atoms with E-state index in [0.29, 0.717) is 0 Å². The maximum Gasteiger partial charge on any atom is 0.226 e. The molecule has 1 saturated carbocycles. The van der Waals surface area contributed by atoms with Gasteiger partial charge in [0.15, 0.2) is 5.82 Å². The number of nitrogens with zero attached hydrogens (tertiary/aromatic N) is 5. The van der Waals surface area contributed by atoms with Gasteiger partial charge in [0.05, 0.1) is 18.7 Å². The van der Waals surface area contributed by atoms with E-state index in [1.165, 1.54) is 0 Å². The van der Waals surface area contributed by atoms with Crippen molar-refractivity contribution in [2.24, 2.45) is 5.92 Å². The van der Waals surface area contributed by atoms with Gasteiger partial charge in [-0.25, -0.2) is 4.68 Å². The van der Waals surface area contributed by atoms with Crippen molar-refractivity contribution >= 4 is 5.91 Å². The molecule has 1 aromatic rings. The van der Waals surface area contributed by atoms with Crippen LogP contribution in [0.25, 0.3) is 0 Å². The summed E-state index contributed by atoms with van der Waals surface area (Å²) in [5.74, 6) is 1.09. The third kappa shape index (κ3) is 2.79. The summed E-state index contributed by atoms with van der Waals surface area (Å²) < 4.78 is 1.82. The molecule has 7 heteroatoms. The number of aliphatic hydroxyl groups is 1. The van der Waals surface area contributed by atoms with Crippen molar-refractivity contribution in [2.45, 2.75) is 64.1 Å². The Bertz CT molecular complexity index is 499. The third-order valence-electron chi connectivity index (χ3n) is 4.48. The molecule has 2 heterocycles. The van der Waals surface area contributed by atoms with Gasteiger partial charge in [0.25, 0.3) is 0 Å². The molecule has 21 heavy (non-hydrogen) atoms. The average molecular weight is 293 g/mol. The van der Waals surface area contributed by atoms with Crippen LogP contribution in [0.1, 0.15) is 57.3 Å². The van der Waals surface area contributed by atoms with Crippen molar-refractivity contribution in [3.63, 3.8) is 0 Å². The van der Waals surface area contributed by atoms with E-state index in [1.807, 2.05) is 9.58 Å².